The molecule has 3 heterocycles. The third-order valence-corrected chi connectivity index (χ3v) is 8.44. The van der Waals surface area contributed by atoms with Gasteiger partial charge in [-0.25, -0.2) is 0 Å². The predicted molar refractivity (Wildman–Crippen MR) is 127 cm³/mol. The number of carbonyl (C=O) groups excluding carboxylic acids is 3. The summed E-state index contributed by atoms with van der Waals surface area (Å²) in [7, 11) is 0. The minimum Gasteiger partial charge on any atom is -0.466 e. The van der Waals surface area contributed by atoms with Crippen molar-refractivity contribution in [1.29, 1.82) is 0 Å². The van der Waals surface area contributed by atoms with Crippen LogP contribution in [0.5, 0.6) is 0 Å². The van der Waals surface area contributed by atoms with E-state index in [-0.39, 0.29) is 41.8 Å². The summed E-state index contributed by atoms with van der Waals surface area (Å²) in [5.74, 6) is -2.69. The van der Waals surface area contributed by atoms with E-state index in [0.29, 0.717) is 13.0 Å². The molecule has 1 unspecified atom stereocenters. The fourth-order valence-corrected chi connectivity index (χ4v) is 6.82. The highest BCUT2D eigenvalue weighted by Crippen LogP contribution is 2.61. The number of hydrogen-bond acceptors (Lipinski definition) is 6. The molecule has 3 saturated heterocycles. The quantitative estimate of drug-likeness (QED) is 0.265. The van der Waals surface area contributed by atoms with Crippen LogP contribution >= 0.6 is 15.9 Å². The van der Waals surface area contributed by atoms with Crippen LogP contribution < -0.4 is 0 Å². The van der Waals surface area contributed by atoms with Crippen LogP contribution in [0, 0.1) is 17.8 Å². The lowest BCUT2D eigenvalue weighted by atomic mass is 9.70. The van der Waals surface area contributed by atoms with E-state index in [0.717, 1.165) is 6.42 Å². The number of aliphatic hydroxyl groups excluding tert-OH is 1. The monoisotopic (exact) mass is 528 g/mol. The topological polar surface area (TPSA) is 96.4 Å². The van der Waals surface area contributed by atoms with Crippen molar-refractivity contribution in [3.63, 3.8) is 0 Å². The molecular weight excluding hydrogens is 492 g/mol. The van der Waals surface area contributed by atoms with Crippen LogP contribution in [-0.4, -0.2) is 87.1 Å². The van der Waals surface area contributed by atoms with Gasteiger partial charge in [0.15, 0.2) is 0 Å². The number of rotatable bonds is 10. The van der Waals surface area contributed by atoms with Crippen molar-refractivity contribution >= 4 is 33.7 Å². The molecule has 0 aromatic carbocycles. The van der Waals surface area contributed by atoms with Gasteiger partial charge < -0.3 is 24.4 Å². The normalized spacial score (nSPS) is 34.4. The Kier molecular flexibility index (Phi) is 7.96. The second kappa shape index (κ2) is 10.0. The van der Waals surface area contributed by atoms with E-state index in [9.17, 15) is 19.5 Å². The summed E-state index contributed by atoms with van der Waals surface area (Å²) < 4.78 is 11.8. The summed E-state index contributed by atoms with van der Waals surface area (Å²) in [6.07, 6.45) is 2.27. The molecule has 0 aromatic rings. The van der Waals surface area contributed by atoms with E-state index in [1.165, 1.54) is 4.90 Å². The molecule has 33 heavy (non-hydrogen) atoms. The SMILES string of the molecule is C=CCN(C(=O)[C@H]1N([C@@H](CO)[C@@H](C)CC)C(=O)[C@@H]2[C@@H](C(=O)OCC)[C@@H]3O[C@@]21CC3Br)C(C)C. The standard InChI is InChI=1S/C24H37BrN2O6/c1-7-10-26(13(4)5)22(30)20-24-11-15(25)19(33-24)17(23(31)32-9-3)18(24)21(29)27(20)16(12-28)14(6)8-2/h7,13-20,28H,1,8-12H2,2-6H3/t14-,15?,16-,17+,18-,19+,20+,24-/m0/s1. The number of fused-ring (bicyclic) bond motifs is 1. The van der Waals surface area contributed by atoms with Gasteiger partial charge in [-0.15, -0.1) is 6.58 Å². The highest BCUT2D eigenvalue weighted by Gasteiger charge is 2.77. The number of ether oxygens (including phenoxy) is 2. The van der Waals surface area contributed by atoms with Gasteiger partial charge in [0.1, 0.15) is 11.6 Å². The highest BCUT2D eigenvalue weighted by molar-refractivity contribution is 9.09. The van der Waals surface area contributed by atoms with Crippen LogP contribution in [0.15, 0.2) is 12.7 Å². The fourth-order valence-electron chi connectivity index (χ4n) is 5.88. The minimum atomic E-state index is -1.15. The van der Waals surface area contributed by atoms with Crippen molar-refractivity contribution in [1.82, 2.24) is 9.80 Å². The Balaban J connectivity index is 2.16. The van der Waals surface area contributed by atoms with Gasteiger partial charge in [-0.2, -0.15) is 0 Å². The van der Waals surface area contributed by atoms with Gasteiger partial charge in [-0.3, -0.25) is 14.4 Å². The zero-order valence-corrected chi connectivity index (χ0v) is 21.8. The van der Waals surface area contributed by atoms with Crippen molar-refractivity contribution in [2.75, 3.05) is 19.8 Å². The molecule has 0 aliphatic carbocycles. The zero-order chi connectivity index (χ0) is 24.7. The predicted octanol–water partition coefficient (Wildman–Crippen LogP) is 2.13. The Hall–Kier alpha value is -1.45. The number of nitrogens with zero attached hydrogens (tertiary/aromatic N) is 2. The highest BCUT2D eigenvalue weighted by atomic mass is 79.9. The molecule has 8 atom stereocenters. The van der Waals surface area contributed by atoms with E-state index in [4.69, 9.17) is 9.47 Å². The molecule has 2 bridgehead atoms. The van der Waals surface area contributed by atoms with Crippen molar-refractivity contribution in [3.05, 3.63) is 12.7 Å². The summed E-state index contributed by atoms with van der Waals surface area (Å²) in [5.41, 5.74) is -1.15. The van der Waals surface area contributed by atoms with Gasteiger partial charge in [0, 0.05) is 17.4 Å². The lowest BCUT2D eigenvalue weighted by molar-refractivity contribution is -0.157. The molecule has 3 aliphatic heterocycles. The number of likely N-dealkylation sites (tertiary alicyclic amines) is 1. The molecule has 3 aliphatic rings. The zero-order valence-electron chi connectivity index (χ0n) is 20.2. The first-order chi connectivity index (χ1) is 15.6. The summed E-state index contributed by atoms with van der Waals surface area (Å²) in [6, 6.07) is -1.63. The fraction of sp³-hybridized carbons (Fsp3) is 0.792. The molecule has 0 radical (unpaired) electrons. The Labute approximate surface area is 204 Å². The number of amides is 2. The van der Waals surface area contributed by atoms with Crippen LogP contribution in [0.1, 0.15) is 47.5 Å². The summed E-state index contributed by atoms with van der Waals surface area (Å²) in [5, 5.41) is 10.3. The van der Waals surface area contributed by atoms with Crippen LogP contribution in [-0.2, 0) is 23.9 Å². The molecule has 3 rings (SSSR count). The number of aliphatic hydroxyl groups is 1. The second-order valence-electron chi connectivity index (χ2n) is 9.67. The molecule has 1 N–H and O–H groups in total. The van der Waals surface area contributed by atoms with Crippen LogP contribution in [0.2, 0.25) is 0 Å². The molecule has 0 aromatic heterocycles. The second-order valence-corrected chi connectivity index (χ2v) is 10.8. The van der Waals surface area contributed by atoms with Gasteiger partial charge >= 0.3 is 5.97 Å². The average molecular weight is 529 g/mol. The summed E-state index contributed by atoms with van der Waals surface area (Å²) in [4.78, 5) is 44.1. The first kappa shape index (κ1) is 26.2. The lowest BCUT2D eigenvalue weighted by Crippen LogP contribution is -2.60. The maximum absolute atomic E-state index is 14.1. The largest absolute Gasteiger partial charge is 0.466 e. The van der Waals surface area contributed by atoms with E-state index in [1.807, 2.05) is 27.7 Å². The summed E-state index contributed by atoms with van der Waals surface area (Å²) in [6.45, 7) is 13.5. The van der Waals surface area contributed by atoms with Crippen LogP contribution in [0.25, 0.3) is 0 Å². The number of esters is 1. The van der Waals surface area contributed by atoms with E-state index in [1.54, 1.807) is 17.9 Å². The van der Waals surface area contributed by atoms with Gasteiger partial charge in [0.25, 0.3) is 0 Å². The maximum atomic E-state index is 14.1. The molecule has 8 nitrogen and oxygen atoms in total. The summed E-state index contributed by atoms with van der Waals surface area (Å²) >= 11 is 3.64. The third-order valence-electron chi connectivity index (χ3n) is 7.60. The third kappa shape index (κ3) is 4.04. The Morgan fingerprint density at radius 3 is 2.58 bits per heavy atom. The van der Waals surface area contributed by atoms with Crippen molar-refractivity contribution in [3.8, 4) is 0 Å². The van der Waals surface area contributed by atoms with Gasteiger partial charge in [-0.1, -0.05) is 42.3 Å². The first-order valence-corrected chi connectivity index (χ1v) is 12.9. The van der Waals surface area contributed by atoms with Gasteiger partial charge in [-0.05, 0) is 33.1 Å². The van der Waals surface area contributed by atoms with Crippen molar-refractivity contribution in [2.45, 2.75) is 82.1 Å². The molecule has 186 valence electrons. The van der Waals surface area contributed by atoms with Crippen LogP contribution in [0.3, 0.4) is 0 Å². The maximum Gasteiger partial charge on any atom is 0.312 e. The van der Waals surface area contributed by atoms with E-state index in [2.05, 4.69) is 22.5 Å². The van der Waals surface area contributed by atoms with Gasteiger partial charge in [0.2, 0.25) is 11.8 Å². The number of alkyl halides is 1. The molecule has 3 fully saturated rings. The number of carbonyl (C=O) groups is 3. The van der Waals surface area contributed by atoms with Crippen molar-refractivity contribution < 1.29 is 29.0 Å². The Morgan fingerprint density at radius 1 is 1.39 bits per heavy atom. The van der Waals surface area contributed by atoms with Crippen LogP contribution in [0.4, 0.5) is 0 Å². The smallest absolute Gasteiger partial charge is 0.312 e. The lowest BCUT2D eigenvalue weighted by Gasteiger charge is -2.41. The molecular formula is C24H37BrN2O6. The minimum absolute atomic E-state index is 0.0469. The van der Waals surface area contributed by atoms with Crippen molar-refractivity contribution in [2.24, 2.45) is 17.8 Å². The van der Waals surface area contributed by atoms with E-state index >= 15 is 0 Å². The Bertz CT molecular complexity index is 791. The molecule has 9 heteroatoms. The average Bonchev–Trinajstić information content (AvgIpc) is 3.36. The number of halogens is 1. The number of hydrogen-bond donors (Lipinski definition) is 1. The van der Waals surface area contributed by atoms with Gasteiger partial charge in [0.05, 0.1) is 37.2 Å². The molecule has 1 spiro atoms. The molecule has 2 amide bonds. The molecule has 0 saturated carbocycles. The van der Waals surface area contributed by atoms with E-state index < -0.39 is 41.6 Å². The Morgan fingerprint density at radius 2 is 2.06 bits per heavy atom. The first-order valence-electron chi connectivity index (χ1n) is 11.9.